The van der Waals surface area contributed by atoms with Gasteiger partial charge >= 0.3 is 0 Å². The van der Waals surface area contributed by atoms with Crippen LogP contribution in [0.4, 0.5) is 0 Å². The first kappa shape index (κ1) is 12.8. The summed E-state index contributed by atoms with van der Waals surface area (Å²) < 4.78 is 0. The molecule has 0 aliphatic rings. The molecule has 16 heavy (non-hydrogen) atoms. The van der Waals surface area contributed by atoms with Crippen LogP contribution in [0, 0.1) is 6.42 Å². The molecule has 0 aliphatic carbocycles. The molecule has 2 nitrogen and oxygen atoms in total. The van der Waals surface area contributed by atoms with Crippen LogP contribution in [0.25, 0.3) is 0 Å². The Morgan fingerprint density at radius 1 is 1.38 bits per heavy atom. The van der Waals surface area contributed by atoms with Gasteiger partial charge in [0.1, 0.15) is 0 Å². The maximum atomic E-state index is 12.2. The quantitative estimate of drug-likeness (QED) is 0.743. The summed E-state index contributed by atoms with van der Waals surface area (Å²) in [5.41, 5.74) is 0.771. The summed E-state index contributed by atoms with van der Waals surface area (Å²) in [6.45, 7) is 6.89. The monoisotopic (exact) mass is 218 g/mol. The van der Waals surface area contributed by atoms with E-state index in [9.17, 15) is 4.79 Å². The molecular weight excluding hydrogens is 198 g/mol. The lowest BCUT2D eigenvalue weighted by Crippen LogP contribution is -2.38. The Hall–Kier alpha value is -1.31. The zero-order valence-electron chi connectivity index (χ0n) is 10.3. The average Bonchev–Trinajstić information content (AvgIpc) is 2.31. The average molecular weight is 218 g/mol. The molecule has 1 radical (unpaired) electrons. The number of nitrogens with zero attached hydrogens (tertiary/aromatic N) is 1. The van der Waals surface area contributed by atoms with Gasteiger partial charge in [0.05, 0.1) is 0 Å². The fraction of sp³-hybridized carbons (Fsp3) is 0.429. The molecule has 0 fully saturated rings. The maximum absolute atomic E-state index is 12.2. The Bertz CT molecular complexity index is 321. The maximum Gasteiger partial charge on any atom is 0.254 e. The first-order valence-corrected chi connectivity index (χ1v) is 5.84. The predicted octanol–water partition coefficient (Wildman–Crippen LogP) is 3.15. The SMILES string of the molecule is C[CH]CC(C)N(CC)C(=O)c1ccccc1. The van der Waals surface area contributed by atoms with Gasteiger partial charge in [0.2, 0.25) is 0 Å². The Morgan fingerprint density at radius 3 is 2.50 bits per heavy atom. The molecule has 2 heteroatoms. The van der Waals surface area contributed by atoms with Crippen LogP contribution in [0.3, 0.4) is 0 Å². The molecule has 0 saturated carbocycles. The van der Waals surface area contributed by atoms with E-state index in [1.165, 1.54) is 0 Å². The summed E-state index contributed by atoms with van der Waals surface area (Å²) in [7, 11) is 0. The molecule has 1 amide bonds. The van der Waals surface area contributed by atoms with Crippen molar-refractivity contribution in [1.29, 1.82) is 0 Å². The highest BCUT2D eigenvalue weighted by Gasteiger charge is 2.18. The van der Waals surface area contributed by atoms with E-state index in [0.717, 1.165) is 18.5 Å². The van der Waals surface area contributed by atoms with Crippen molar-refractivity contribution in [2.75, 3.05) is 6.54 Å². The smallest absolute Gasteiger partial charge is 0.254 e. The van der Waals surface area contributed by atoms with Gasteiger partial charge in [-0.1, -0.05) is 25.1 Å². The van der Waals surface area contributed by atoms with Crippen molar-refractivity contribution in [3.8, 4) is 0 Å². The number of carbonyl (C=O) groups is 1. The molecule has 0 heterocycles. The predicted molar refractivity (Wildman–Crippen MR) is 67.2 cm³/mol. The first-order valence-electron chi connectivity index (χ1n) is 5.84. The van der Waals surface area contributed by atoms with Crippen LogP contribution >= 0.6 is 0 Å². The van der Waals surface area contributed by atoms with Crippen LogP contribution in [0.2, 0.25) is 0 Å². The summed E-state index contributed by atoms with van der Waals surface area (Å²) in [5, 5.41) is 0. The minimum absolute atomic E-state index is 0.123. The van der Waals surface area contributed by atoms with Gasteiger partial charge in [0.15, 0.2) is 0 Å². The molecule has 0 aromatic heterocycles. The minimum Gasteiger partial charge on any atom is -0.336 e. The number of hydrogen-bond donors (Lipinski definition) is 0. The van der Waals surface area contributed by atoms with Gasteiger partial charge < -0.3 is 4.90 Å². The van der Waals surface area contributed by atoms with Gasteiger partial charge in [-0.05, 0) is 38.8 Å². The third kappa shape index (κ3) is 3.09. The van der Waals surface area contributed by atoms with E-state index in [0.29, 0.717) is 0 Å². The third-order valence-electron chi connectivity index (χ3n) is 2.73. The minimum atomic E-state index is 0.123. The van der Waals surface area contributed by atoms with E-state index in [4.69, 9.17) is 0 Å². The van der Waals surface area contributed by atoms with Crippen LogP contribution < -0.4 is 0 Å². The molecule has 1 aromatic carbocycles. The fourth-order valence-corrected chi connectivity index (χ4v) is 1.87. The van der Waals surface area contributed by atoms with Crippen molar-refractivity contribution in [3.05, 3.63) is 42.3 Å². The zero-order valence-corrected chi connectivity index (χ0v) is 10.3. The molecule has 0 saturated heterocycles. The highest BCUT2D eigenvalue weighted by atomic mass is 16.2. The third-order valence-corrected chi connectivity index (χ3v) is 2.73. The summed E-state index contributed by atoms with van der Waals surface area (Å²) in [6, 6.07) is 9.73. The van der Waals surface area contributed by atoms with E-state index in [-0.39, 0.29) is 11.9 Å². The van der Waals surface area contributed by atoms with E-state index in [2.05, 4.69) is 13.3 Å². The van der Waals surface area contributed by atoms with Gasteiger partial charge in [-0.15, -0.1) is 0 Å². The summed E-state index contributed by atoms with van der Waals surface area (Å²) >= 11 is 0. The second-order valence-corrected chi connectivity index (χ2v) is 3.95. The van der Waals surface area contributed by atoms with Crippen molar-refractivity contribution in [2.24, 2.45) is 0 Å². The van der Waals surface area contributed by atoms with Crippen LogP contribution in [0.1, 0.15) is 37.6 Å². The lowest BCUT2D eigenvalue weighted by molar-refractivity contribution is 0.0702. The van der Waals surface area contributed by atoms with Gasteiger partial charge in [-0.3, -0.25) is 4.79 Å². The Balaban J connectivity index is 2.77. The van der Waals surface area contributed by atoms with Gasteiger partial charge in [0.25, 0.3) is 5.91 Å². The van der Waals surface area contributed by atoms with Crippen molar-refractivity contribution in [2.45, 2.75) is 33.2 Å². The van der Waals surface area contributed by atoms with E-state index < -0.39 is 0 Å². The van der Waals surface area contributed by atoms with Gasteiger partial charge in [-0.2, -0.15) is 0 Å². The molecular formula is C14H20NO. The highest BCUT2D eigenvalue weighted by molar-refractivity contribution is 5.94. The van der Waals surface area contributed by atoms with E-state index in [1.54, 1.807) is 0 Å². The zero-order chi connectivity index (χ0) is 12.0. The molecule has 1 atom stereocenters. The van der Waals surface area contributed by atoms with Crippen molar-refractivity contribution >= 4 is 5.91 Å². The summed E-state index contributed by atoms with van der Waals surface area (Å²) in [4.78, 5) is 14.1. The number of amides is 1. The molecule has 0 spiro atoms. The van der Waals surface area contributed by atoms with Crippen LogP contribution in [-0.2, 0) is 0 Å². The second kappa shape index (κ2) is 6.31. The Labute approximate surface area is 98.3 Å². The van der Waals surface area contributed by atoms with Gasteiger partial charge in [-0.25, -0.2) is 0 Å². The number of rotatable bonds is 5. The van der Waals surface area contributed by atoms with Crippen molar-refractivity contribution < 1.29 is 4.79 Å². The molecule has 0 aliphatic heterocycles. The topological polar surface area (TPSA) is 20.3 Å². The largest absolute Gasteiger partial charge is 0.336 e. The Kier molecular flexibility index (Phi) is 5.03. The summed E-state index contributed by atoms with van der Waals surface area (Å²) in [5.74, 6) is 0.123. The lowest BCUT2D eigenvalue weighted by atomic mass is 10.1. The lowest BCUT2D eigenvalue weighted by Gasteiger charge is -2.27. The number of benzene rings is 1. The van der Waals surface area contributed by atoms with E-state index >= 15 is 0 Å². The van der Waals surface area contributed by atoms with E-state index in [1.807, 2.05) is 49.1 Å². The normalized spacial score (nSPS) is 12.2. The standard InChI is InChI=1S/C14H20NO/c1-4-9-12(3)15(5-2)14(16)13-10-7-6-8-11-13/h4,6-8,10-12H,5,9H2,1-3H3. The molecule has 0 bridgehead atoms. The van der Waals surface area contributed by atoms with Crippen LogP contribution in [-0.4, -0.2) is 23.4 Å². The molecule has 0 N–H and O–H groups in total. The Morgan fingerprint density at radius 2 is 2.00 bits per heavy atom. The summed E-state index contributed by atoms with van der Waals surface area (Å²) in [6.07, 6.45) is 3.04. The second-order valence-electron chi connectivity index (χ2n) is 3.95. The molecule has 1 aromatic rings. The molecule has 1 rings (SSSR count). The highest BCUT2D eigenvalue weighted by Crippen LogP contribution is 2.11. The first-order chi connectivity index (χ1) is 7.70. The number of carbonyl (C=O) groups excluding carboxylic acids is 1. The van der Waals surface area contributed by atoms with Crippen LogP contribution in [0.5, 0.6) is 0 Å². The van der Waals surface area contributed by atoms with Crippen LogP contribution in [0.15, 0.2) is 30.3 Å². The number of hydrogen-bond acceptors (Lipinski definition) is 1. The van der Waals surface area contributed by atoms with Gasteiger partial charge in [0, 0.05) is 18.2 Å². The van der Waals surface area contributed by atoms with Crippen molar-refractivity contribution in [3.63, 3.8) is 0 Å². The molecule has 1 unspecified atom stereocenters. The van der Waals surface area contributed by atoms with Crippen molar-refractivity contribution in [1.82, 2.24) is 4.90 Å². The fourth-order valence-electron chi connectivity index (χ4n) is 1.87. The molecule has 87 valence electrons.